The lowest BCUT2D eigenvalue weighted by Gasteiger charge is -2.47. The minimum atomic E-state index is -1.47. The Morgan fingerprint density at radius 3 is 2.44 bits per heavy atom. The zero-order valence-electron chi connectivity index (χ0n) is 22.1. The standard InChI is InChI=1S/C28H28O13/c1-10-35-8-19-26(39-10)23(31)24(32)28(40-19)41-25-13-6-17-16(37-9-38-17)5-12(13)20(21-14(25)7-36-27(21)33)11-3-15(29)22(30)18(4-11)34-2/h3-6,10,14,19-21,23-26,28,31-32H,7-9H2,1-2H3/t10-,14+,19+,20+,21-,23+,24+,25-,26+,28-/m0/s1. The van der Waals surface area contributed by atoms with E-state index in [1.807, 2.05) is 0 Å². The summed E-state index contributed by atoms with van der Waals surface area (Å²) in [6.45, 7) is 1.79. The molecule has 0 spiro atoms. The summed E-state index contributed by atoms with van der Waals surface area (Å²) in [4.78, 5) is 38.2. The Morgan fingerprint density at radius 2 is 1.68 bits per heavy atom. The summed E-state index contributed by atoms with van der Waals surface area (Å²) in [7, 11) is 1.29. The number of methoxy groups -OCH3 is 1. The molecule has 0 aromatic heterocycles. The maximum Gasteiger partial charge on any atom is 0.310 e. The maximum atomic E-state index is 13.3. The van der Waals surface area contributed by atoms with Crippen LogP contribution in [0.15, 0.2) is 35.6 Å². The van der Waals surface area contributed by atoms with Crippen LogP contribution in [0.3, 0.4) is 0 Å². The van der Waals surface area contributed by atoms with Crippen molar-refractivity contribution in [1.29, 1.82) is 0 Å². The minimum absolute atomic E-state index is 0.00907. The summed E-state index contributed by atoms with van der Waals surface area (Å²) in [6.07, 6.45) is -4.35. The molecular weight excluding hydrogens is 544 g/mol. The number of hydrogen-bond donors (Lipinski definition) is 2. The molecule has 3 saturated heterocycles. The second-order valence-corrected chi connectivity index (χ2v) is 10.8. The Morgan fingerprint density at radius 1 is 0.927 bits per heavy atom. The lowest BCUT2D eigenvalue weighted by Crippen LogP contribution is -2.63. The van der Waals surface area contributed by atoms with Crippen molar-refractivity contribution < 1.29 is 62.5 Å². The van der Waals surface area contributed by atoms with Crippen molar-refractivity contribution in [3.05, 3.63) is 46.7 Å². The molecule has 0 bridgehead atoms. The summed E-state index contributed by atoms with van der Waals surface area (Å²) in [5.74, 6) is -3.43. The first-order valence-electron chi connectivity index (χ1n) is 13.3. The van der Waals surface area contributed by atoms with Crippen LogP contribution in [0.2, 0.25) is 0 Å². The van der Waals surface area contributed by atoms with Crippen molar-refractivity contribution in [1.82, 2.24) is 0 Å². The molecule has 10 atom stereocenters. The average Bonchev–Trinajstić information content (AvgIpc) is 3.58. The number of aliphatic hydroxyl groups is 2. The van der Waals surface area contributed by atoms with Crippen LogP contribution in [-0.2, 0) is 42.8 Å². The van der Waals surface area contributed by atoms with Gasteiger partial charge in [0.2, 0.25) is 12.6 Å². The van der Waals surface area contributed by atoms with Gasteiger partial charge in [0.15, 0.2) is 29.8 Å². The number of allylic oxidation sites excluding steroid dienone is 4. The normalized spacial score (nSPS) is 39.3. The summed E-state index contributed by atoms with van der Waals surface area (Å²) in [5, 5.41) is 21.8. The monoisotopic (exact) mass is 572 g/mol. The summed E-state index contributed by atoms with van der Waals surface area (Å²) in [6, 6.07) is 3.45. The summed E-state index contributed by atoms with van der Waals surface area (Å²) in [5.41, 5.74) is 1.58. The molecule has 7 rings (SSSR count). The number of Topliss-reactive ketones (excluding diaryl/α,β-unsaturated/α-hetero) is 1. The highest BCUT2D eigenvalue weighted by Gasteiger charge is 2.56. The Labute approximate surface area is 233 Å². The van der Waals surface area contributed by atoms with Crippen molar-refractivity contribution in [2.24, 2.45) is 11.8 Å². The van der Waals surface area contributed by atoms with Gasteiger partial charge in [-0.2, -0.15) is 0 Å². The molecule has 0 radical (unpaired) electrons. The van der Waals surface area contributed by atoms with Gasteiger partial charge >= 0.3 is 5.97 Å². The fraction of sp³-hybridized carbons (Fsp3) is 0.536. The minimum Gasteiger partial charge on any atom is -0.492 e. The predicted octanol–water partition coefficient (Wildman–Crippen LogP) is 0.176. The largest absolute Gasteiger partial charge is 0.492 e. The Bertz CT molecular complexity index is 1360. The number of cyclic esters (lactones) is 1. The van der Waals surface area contributed by atoms with Gasteiger partial charge in [0.1, 0.15) is 24.4 Å². The van der Waals surface area contributed by atoms with E-state index in [1.54, 1.807) is 19.1 Å². The van der Waals surface area contributed by atoms with Crippen molar-refractivity contribution in [3.63, 3.8) is 0 Å². The Balaban J connectivity index is 1.30. The molecule has 1 aromatic carbocycles. The highest BCUT2D eigenvalue weighted by molar-refractivity contribution is 6.47. The van der Waals surface area contributed by atoms with Gasteiger partial charge in [-0.3, -0.25) is 14.4 Å². The van der Waals surface area contributed by atoms with Crippen LogP contribution in [0.5, 0.6) is 11.5 Å². The number of carbonyl (C=O) groups excluding carboxylic acids is 3. The predicted molar refractivity (Wildman–Crippen MR) is 131 cm³/mol. The molecule has 3 fully saturated rings. The zero-order chi connectivity index (χ0) is 28.6. The molecule has 0 unspecified atom stereocenters. The van der Waals surface area contributed by atoms with E-state index >= 15 is 0 Å². The van der Waals surface area contributed by atoms with Gasteiger partial charge in [0.05, 0.1) is 32.3 Å². The van der Waals surface area contributed by atoms with Crippen molar-refractivity contribution in [3.8, 4) is 11.5 Å². The molecule has 2 aliphatic carbocycles. The van der Waals surface area contributed by atoms with Crippen molar-refractivity contribution in [2.45, 2.75) is 55.9 Å². The van der Waals surface area contributed by atoms with Crippen LogP contribution in [-0.4, -0.2) is 91.9 Å². The number of fused-ring (bicyclic) bond motifs is 4. The molecule has 218 valence electrons. The van der Waals surface area contributed by atoms with Gasteiger partial charge in [-0.15, -0.1) is 0 Å². The number of esters is 1. The first-order chi connectivity index (χ1) is 19.7. The highest BCUT2D eigenvalue weighted by Crippen LogP contribution is 2.56. The number of rotatable bonds is 4. The molecule has 41 heavy (non-hydrogen) atoms. The molecule has 13 heteroatoms. The summed E-state index contributed by atoms with van der Waals surface area (Å²) < 4.78 is 45.5. The Kier molecular flexibility index (Phi) is 6.41. The number of benzene rings is 1. The quantitative estimate of drug-likeness (QED) is 0.285. The van der Waals surface area contributed by atoms with Crippen LogP contribution in [0.25, 0.3) is 0 Å². The third kappa shape index (κ3) is 4.18. The number of hydrogen-bond acceptors (Lipinski definition) is 13. The molecule has 13 nitrogen and oxygen atoms in total. The second-order valence-electron chi connectivity index (χ2n) is 10.8. The van der Waals surface area contributed by atoms with E-state index in [-0.39, 0.29) is 25.8 Å². The number of aliphatic hydroxyl groups excluding tert-OH is 2. The molecule has 4 aliphatic heterocycles. The average molecular weight is 573 g/mol. The van der Waals surface area contributed by atoms with E-state index in [0.717, 1.165) is 0 Å². The van der Waals surface area contributed by atoms with E-state index in [0.29, 0.717) is 28.2 Å². The smallest absolute Gasteiger partial charge is 0.310 e. The third-order valence-corrected chi connectivity index (χ3v) is 8.51. The fourth-order valence-electron chi connectivity index (χ4n) is 6.57. The fourth-order valence-corrected chi connectivity index (χ4v) is 6.57. The number of ketones is 2. The maximum absolute atomic E-state index is 13.3. The van der Waals surface area contributed by atoms with Crippen LogP contribution < -0.4 is 9.47 Å². The van der Waals surface area contributed by atoms with Crippen LogP contribution in [0.4, 0.5) is 0 Å². The van der Waals surface area contributed by atoms with E-state index < -0.39 is 78.4 Å². The zero-order valence-corrected chi connectivity index (χ0v) is 22.1. The van der Waals surface area contributed by atoms with Gasteiger partial charge in [-0.25, -0.2) is 0 Å². The number of ether oxygens (including phenoxy) is 8. The molecular formula is C28H28O13. The van der Waals surface area contributed by atoms with E-state index in [4.69, 9.17) is 37.9 Å². The first-order valence-corrected chi connectivity index (χ1v) is 13.3. The Hall–Kier alpha value is -3.33. The van der Waals surface area contributed by atoms with Gasteiger partial charge in [-0.05, 0) is 47.9 Å². The van der Waals surface area contributed by atoms with Crippen LogP contribution in [0.1, 0.15) is 30.1 Å². The van der Waals surface area contributed by atoms with Gasteiger partial charge < -0.3 is 48.1 Å². The van der Waals surface area contributed by atoms with Gasteiger partial charge in [-0.1, -0.05) is 0 Å². The lowest BCUT2D eigenvalue weighted by atomic mass is 9.65. The molecule has 4 heterocycles. The highest BCUT2D eigenvalue weighted by atomic mass is 16.8. The molecule has 6 aliphatic rings. The van der Waals surface area contributed by atoms with Gasteiger partial charge in [0.25, 0.3) is 5.78 Å². The van der Waals surface area contributed by atoms with Crippen molar-refractivity contribution >= 4 is 17.5 Å². The molecule has 0 saturated carbocycles. The second kappa shape index (κ2) is 9.89. The van der Waals surface area contributed by atoms with E-state index in [2.05, 4.69) is 0 Å². The van der Waals surface area contributed by atoms with E-state index in [9.17, 15) is 24.6 Å². The molecule has 1 aromatic rings. The van der Waals surface area contributed by atoms with Crippen LogP contribution in [0, 0.1) is 11.8 Å². The van der Waals surface area contributed by atoms with Gasteiger partial charge in [0, 0.05) is 11.8 Å². The third-order valence-electron chi connectivity index (χ3n) is 8.51. The SMILES string of the molecule is COC1=CC([C@@H]2c3cc4c(cc3[C@H](O[C@@H]3O[C@@H]5CO[C@H](C)O[C@H]5[C@H](O)[C@H]3O)[C@@H]3COC(=O)[C@@H]32)OCO4)=CC(=O)C1=O. The molecule has 2 N–H and O–H groups in total. The lowest BCUT2D eigenvalue weighted by molar-refractivity contribution is -0.364. The topological polar surface area (TPSA) is 166 Å². The van der Waals surface area contributed by atoms with Crippen LogP contribution >= 0.6 is 0 Å². The first kappa shape index (κ1) is 26.6. The summed E-state index contributed by atoms with van der Waals surface area (Å²) >= 11 is 0. The molecule has 0 amide bonds. The van der Waals surface area contributed by atoms with E-state index in [1.165, 1.54) is 19.3 Å². The van der Waals surface area contributed by atoms with Crippen molar-refractivity contribution in [2.75, 3.05) is 27.1 Å². The number of carbonyl (C=O) groups is 3.